The molecule has 0 saturated carbocycles. The van der Waals surface area contributed by atoms with Gasteiger partial charge >= 0.3 is 0 Å². The van der Waals surface area contributed by atoms with Crippen LogP contribution >= 0.6 is 11.3 Å². The Bertz CT molecular complexity index is 3120. The van der Waals surface area contributed by atoms with Crippen LogP contribution in [0.25, 0.3) is 102 Å². The number of nitrogens with zero attached hydrogens (tertiary/aromatic N) is 3. The molecule has 0 atom stereocenters. The molecular weight excluding hydrogens is 603 g/mol. The fourth-order valence-corrected chi connectivity index (χ4v) is 9.24. The van der Waals surface area contributed by atoms with Crippen LogP contribution in [-0.2, 0) is 0 Å². The van der Waals surface area contributed by atoms with Crippen LogP contribution in [0, 0.1) is 0 Å². The summed E-state index contributed by atoms with van der Waals surface area (Å²) in [4.78, 5) is 11.0. The van der Waals surface area contributed by atoms with Gasteiger partial charge in [0.05, 0.1) is 26.8 Å². The van der Waals surface area contributed by atoms with Gasteiger partial charge in [0, 0.05) is 37.2 Å². The van der Waals surface area contributed by atoms with Gasteiger partial charge in [0.25, 0.3) is 0 Å². The molecule has 222 valence electrons. The molecule has 0 unspecified atom stereocenters. The van der Waals surface area contributed by atoms with Gasteiger partial charge in [0.1, 0.15) is 5.69 Å². The van der Waals surface area contributed by atoms with Crippen molar-refractivity contribution in [1.29, 1.82) is 0 Å². The van der Waals surface area contributed by atoms with Crippen LogP contribution in [0.5, 0.6) is 0 Å². The maximum atomic E-state index is 5.62. The molecule has 11 rings (SSSR count). The first-order chi connectivity index (χ1) is 23.8. The lowest BCUT2D eigenvalue weighted by atomic mass is 9.98. The van der Waals surface area contributed by atoms with Crippen molar-refractivity contribution < 1.29 is 0 Å². The summed E-state index contributed by atoms with van der Waals surface area (Å²) in [5.74, 6) is 0.843. The van der Waals surface area contributed by atoms with Crippen molar-refractivity contribution >= 4 is 96.7 Å². The standard InChI is InChI=1S/C44H25N3S/c1-2-14-28(15-3-1)39-44(46-40-29-16-6-4-12-26(29)23-25-35(40)45-39)47-36-21-11-10-20-33(36)37-31-18-8-9-19-32(31)38-34-24-22-27-13-5-7-17-30(27)42(34)48-43(38)41(37)47/h1-25H. The summed E-state index contributed by atoms with van der Waals surface area (Å²) in [6, 6.07) is 54.3. The molecule has 0 saturated heterocycles. The van der Waals surface area contributed by atoms with Gasteiger partial charge in [-0.2, -0.15) is 0 Å². The molecule has 0 radical (unpaired) electrons. The molecule has 0 N–H and O–H groups in total. The molecule has 0 spiro atoms. The van der Waals surface area contributed by atoms with E-state index < -0.39 is 0 Å². The Morgan fingerprint density at radius 3 is 1.88 bits per heavy atom. The molecule has 3 heterocycles. The molecule has 3 nitrogen and oxygen atoms in total. The molecule has 0 amide bonds. The molecule has 0 aliphatic rings. The van der Waals surface area contributed by atoms with Crippen LogP contribution in [0.1, 0.15) is 0 Å². The number of hydrogen-bond donors (Lipinski definition) is 0. The lowest BCUT2D eigenvalue weighted by Crippen LogP contribution is -2.04. The number of thiophene rings is 1. The van der Waals surface area contributed by atoms with Gasteiger partial charge in [-0.05, 0) is 39.1 Å². The van der Waals surface area contributed by atoms with E-state index >= 15 is 0 Å². The summed E-state index contributed by atoms with van der Waals surface area (Å²) in [5.41, 5.74) is 6.02. The highest BCUT2D eigenvalue weighted by molar-refractivity contribution is 7.27. The van der Waals surface area contributed by atoms with Gasteiger partial charge in [-0.25, -0.2) is 9.97 Å². The van der Waals surface area contributed by atoms with Crippen molar-refractivity contribution in [3.05, 3.63) is 152 Å². The Balaban J connectivity index is 1.42. The third-order valence-corrected chi connectivity index (χ3v) is 11.2. The normalized spacial score (nSPS) is 12.2. The van der Waals surface area contributed by atoms with E-state index in [2.05, 4.69) is 156 Å². The fourth-order valence-electron chi connectivity index (χ4n) is 7.85. The van der Waals surface area contributed by atoms with E-state index in [4.69, 9.17) is 9.97 Å². The van der Waals surface area contributed by atoms with Crippen LogP contribution < -0.4 is 0 Å². The van der Waals surface area contributed by atoms with Gasteiger partial charge in [-0.1, -0.05) is 140 Å². The minimum atomic E-state index is 0.843. The zero-order chi connectivity index (χ0) is 31.3. The van der Waals surface area contributed by atoms with E-state index in [1.54, 1.807) is 0 Å². The van der Waals surface area contributed by atoms with Crippen molar-refractivity contribution in [3.63, 3.8) is 0 Å². The lowest BCUT2D eigenvalue weighted by molar-refractivity contribution is 1.09. The predicted octanol–water partition coefficient (Wildman–Crippen LogP) is 12.2. The first-order valence-electron chi connectivity index (χ1n) is 16.3. The van der Waals surface area contributed by atoms with Crippen LogP contribution in [-0.4, -0.2) is 14.5 Å². The van der Waals surface area contributed by atoms with Crippen molar-refractivity contribution in [2.24, 2.45) is 0 Å². The number of para-hydroxylation sites is 1. The highest BCUT2D eigenvalue weighted by Crippen LogP contribution is 2.49. The van der Waals surface area contributed by atoms with E-state index in [-0.39, 0.29) is 0 Å². The molecule has 3 aromatic heterocycles. The molecule has 0 aliphatic carbocycles. The average Bonchev–Trinajstić information content (AvgIpc) is 3.72. The monoisotopic (exact) mass is 627 g/mol. The largest absolute Gasteiger partial charge is 0.290 e. The molecule has 0 fully saturated rings. The second kappa shape index (κ2) is 9.71. The Morgan fingerprint density at radius 1 is 0.438 bits per heavy atom. The third-order valence-electron chi connectivity index (χ3n) is 9.94. The summed E-state index contributed by atoms with van der Waals surface area (Å²) in [6.07, 6.45) is 0. The second-order valence-electron chi connectivity index (χ2n) is 12.5. The van der Waals surface area contributed by atoms with Crippen molar-refractivity contribution in [3.8, 4) is 17.1 Å². The van der Waals surface area contributed by atoms with Crippen LogP contribution in [0.3, 0.4) is 0 Å². The summed E-state index contributed by atoms with van der Waals surface area (Å²) in [7, 11) is 0. The molecule has 11 aromatic rings. The van der Waals surface area contributed by atoms with Crippen molar-refractivity contribution in [2.75, 3.05) is 0 Å². The number of hydrogen-bond acceptors (Lipinski definition) is 3. The van der Waals surface area contributed by atoms with Crippen molar-refractivity contribution in [2.45, 2.75) is 0 Å². The second-order valence-corrected chi connectivity index (χ2v) is 13.5. The van der Waals surface area contributed by atoms with Crippen molar-refractivity contribution in [1.82, 2.24) is 14.5 Å². The first kappa shape index (κ1) is 26.0. The topological polar surface area (TPSA) is 30.7 Å². The minimum absolute atomic E-state index is 0.843. The maximum Gasteiger partial charge on any atom is 0.165 e. The van der Waals surface area contributed by atoms with Gasteiger partial charge in [-0.15, -0.1) is 11.3 Å². The van der Waals surface area contributed by atoms with Gasteiger partial charge in [0.15, 0.2) is 5.82 Å². The molecule has 48 heavy (non-hydrogen) atoms. The predicted molar refractivity (Wildman–Crippen MR) is 205 cm³/mol. The molecular formula is C44H25N3S. The van der Waals surface area contributed by atoms with Crippen LogP contribution in [0.2, 0.25) is 0 Å². The summed E-state index contributed by atoms with van der Waals surface area (Å²) in [5, 5.41) is 12.4. The molecule has 0 aliphatic heterocycles. The fraction of sp³-hybridized carbons (Fsp3) is 0. The minimum Gasteiger partial charge on any atom is -0.290 e. The summed E-state index contributed by atoms with van der Waals surface area (Å²) < 4.78 is 5.00. The van der Waals surface area contributed by atoms with E-state index in [1.807, 2.05) is 11.3 Å². The Labute approximate surface area is 278 Å². The highest BCUT2D eigenvalue weighted by atomic mass is 32.1. The maximum absolute atomic E-state index is 5.62. The van der Waals surface area contributed by atoms with E-state index in [9.17, 15) is 0 Å². The first-order valence-corrected chi connectivity index (χ1v) is 17.1. The zero-order valence-corrected chi connectivity index (χ0v) is 26.5. The molecule has 0 bridgehead atoms. The zero-order valence-electron chi connectivity index (χ0n) is 25.7. The Hall–Kier alpha value is -6.10. The lowest BCUT2D eigenvalue weighted by Gasteiger charge is -2.15. The average molecular weight is 628 g/mol. The number of rotatable bonds is 2. The quantitative estimate of drug-likeness (QED) is 0.179. The Kier molecular flexibility index (Phi) is 5.26. The van der Waals surface area contributed by atoms with Gasteiger partial charge in [-0.3, -0.25) is 4.57 Å². The van der Waals surface area contributed by atoms with E-state index in [0.717, 1.165) is 44.4 Å². The molecule has 8 aromatic carbocycles. The number of fused-ring (bicyclic) bond motifs is 15. The summed E-state index contributed by atoms with van der Waals surface area (Å²) in [6.45, 7) is 0. The van der Waals surface area contributed by atoms with Crippen LogP contribution in [0.15, 0.2) is 152 Å². The van der Waals surface area contributed by atoms with E-state index in [0.29, 0.717) is 0 Å². The third kappa shape index (κ3) is 3.47. The smallest absolute Gasteiger partial charge is 0.165 e. The SMILES string of the molecule is c1ccc(-c2nc3ccc4ccccc4c3nc2-n2c3ccccc3c3c4ccccc4c4c5ccc6ccccc6c5sc4c32)cc1. The number of benzene rings is 8. The number of aromatic nitrogens is 3. The van der Waals surface area contributed by atoms with Gasteiger partial charge in [0.2, 0.25) is 0 Å². The van der Waals surface area contributed by atoms with Crippen LogP contribution in [0.4, 0.5) is 0 Å². The Morgan fingerprint density at radius 2 is 1.06 bits per heavy atom. The highest BCUT2D eigenvalue weighted by Gasteiger charge is 2.25. The molecule has 4 heteroatoms. The van der Waals surface area contributed by atoms with E-state index in [1.165, 1.54) is 58.0 Å². The van der Waals surface area contributed by atoms with Gasteiger partial charge < -0.3 is 0 Å². The summed E-state index contributed by atoms with van der Waals surface area (Å²) >= 11 is 1.90.